The van der Waals surface area contributed by atoms with Gasteiger partial charge in [-0.2, -0.15) is 11.8 Å². The Kier molecular flexibility index (Phi) is 4.79. The van der Waals surface area contributed by atoms with Crippen molar-refractivity contribution in [3.8, 4) is 0 Å². The van der Waals surface area contributed by atoms with Gasteiger partial charge in [0.2, 0.25) is 0 Å². The van der Waals surface area contributed by atoms with E-state index in [4.69, 9.17) is 4.42 Å². The predicted molar refractivity (Wildman–Crippen MR) is 70.0 cm³/mol. The molecule has 0 saturated carbocycles. The standard InChI is InChI=1S/C13H21NOS/c1-11(4-5-13-3-2-8-15-13)14-12-6-9-16-10-7-12/h2-3,8,11-12,14H,4-7,9-10H2,1H3. The van der Waals surface area contributed by atoms with Crippen LogP contribution >= 0.6 is 11.8 Å². The van der Waals surface area contributed by atoms with Crippen LogP contribution in [0.1, 0.15) is 31.9 Å². The van der Waals surface area contributed by atoms with Crippen LogP contribution in [0.4, 0.5) is 0 Å². The van der Waals surface area contributed by atoms with Gasteiger partial charge in [-0.05, 0) is 49.8 Å². The molecular formula is C13H21NOS. The van der Waals surface area contributed by atoms with Crippen molar-refractivity contribution >= 4 is 11.8 Å². The van der Waals surface area contributed by atoms with Crippen LogP contribution in [0.5, 0.6) is 0 Å². The monoisotopic (exact) mass is 239 g/mol. The molecule has 1 fully saturated rings. The van der Waals surface area contributed by atoms with E-state index in [0.29, 0.717) is 6.04 Å². The zero-order chi connectivity index (χ0) is 11.2. The molecular weight excluding hydrogens is 218 g/mol. The van der Waals surface area contributed by atoms with Gasteiger partial charge in [0.25, 0.3) is 0 Å². The molecule has 2 heterocycles. The summed E-state index contributed by atoms with van der Waals surface area (Å²) in [6, 6.07) is 5.36. The van der Waals surface area contributed by atoms with Crippen LogP contribution in [-0.4, -0.2) is 23.6 Å². The van der Waals surface area contributed by atoms with E-state index in [-0.39, 0.29) is 0 Å². The van der Waals surface area contributed by atoms with Gasteiger partial charge in [-0.1, -0.05) is 0 Å². The van der Waals surface area contributed by atoms with E-state index >= 15 is 0 Å². The maximum atomic E-state index is 5.34. The van der Waals surface area contributed by atoms with E-state index in [2.05, 4.69) is 30.1 Å². The summed E-state index contributed by atoms with van der Waals surface area (Å²) in [6.45, 7) is 2.28. The Hall–Kier alpha value is -0.410. The summed E-state index contributed by atoms with van der Waals surface area (Å²) in [6.07, 6.45) is 6.62. The van der Waals surface area contributed by atoms with Crippen molar-refractivity contribution in [3.63, 3.8) is 0 Å². The molecule has 1 aliphatic rings. The fourth-order valence-electron chi connectivity index (χ4n) is 2.16. The minimum atomic E-state index is 0.596. The SMILES string of the molecule is CC(CCc1ccco1)NC1CCSCC1. The average Bonchev–Trinajstić information content (AvgIpc) is 2.81. The second-order valence-corrected chi connectivity index (χ2v) is 5.80. The normalized spacial score (nSPS) is 19.8. The van der Waals surface area contributed by atoms with Crippen molar-refractivity contribution in [3.05, 3.63) is 24.2 Å². The number of rotatable bonds is 5. The number of furan rings is 1. The predicted octanol–water partition coefficient (Wildman–Crippen LogP) is 3.09. The van der Waals surface area contributed by atoms with Crippen LogP contribution in [0.2, 0.25) is 0 Å². The maximum absolute atomic E-state index is 5.34. The van der Waals surface area contributed by atoms with Crippen LogP contribution in [0.15, 0.2) is 22.8 Å². The smallest absolute Gasteiger partial charge is 0.103 e. The summed E-state index contributed by atoms with van der Waals surface area (Å²) >= 11 is 2.08. The average molecular weight is 239 g/mol. The van der Waals surface area contributed by atoms with E-state index in [1.54, 1.807) is 6.26 Å². The lowest BCUT2D eigenvalue weighted by Crippen LogP contribution is -2.39. The molecule has 1 atom stereocenters. The number of nitrogens with one attached hydrogen (secondary N) is 1. The van der Waals surface area contributed by atoms with Crippen molar-refractivity contribution < 1.29 is 4.42 Å². The minimum Gasteiger partial charge on any atom is -0.469 e. The van der Waals surface area contributed by atoms with Gasteiger partial charge in [0.1, 0.15) is 5.76 Å². The van der Waals surface area contributed by atoms with Gasteiger partial charge < -0.3 is 9.73 Å². The third-order valence-electron chi connectivity index (χ3n) is 3.15. The van der Waals surface area contributed by atoms with Gasteiger partial charge in [-0.3, -0.25) is 0 Å². The zero-order valence-corrected chi connectivity index (χ0v) is 10.8. The fraction of sp³-hybridized carbons (Fsp3) is 0.692. The van der Waals surface area contributed by atoms with Crippen molar-refractivity contribution in [1.82, 2.24) is 5.32 Å². The van der Waals surface area contributed by atoms with Crippen LogP contribution in [0, 0.1) is 0 Å². The van der Waals surface area contributed by atoms with E-state index in [0.717, 1.165) is 24.6 Å². The van der Waals surface area contributed by atoms with Crippen LogP contribution in [-0.2, 0) is 6.42 Å². The molecule has 3 heteroatoms. The summed E-state index contributed by atoms with van der Waals surface area (Å²) in [7, 11) is 0. The Balaban J connectivity index is 1.65. The van der Waals surface area contributed by atoms with Crippen molar-refractivity contribution in [2.24, 2.45) is 0 Å². The molecule has 2 nitrogen and oxygen atoms in total. The lowest BCUT2D eigenvalue weighted by atomic mass is 10.1. The van der Waals surface area contributed by atoms with E-state index in [1.807, 2.05) is 6.07 Å². The third-order valence-corrected chi connectivity index (χ3v) is 4.19. The largest absolute Gasteiger partial charge is 0.469 e. The Morgan fingerprint density at radius 1 is 1.50 bits per heavy atom. The first-order valence-electron chi connectivity index (χ1n) is 6.21. The second kappa shape index (κ2) is 6.36. The quantitative estimate of drug-likeness (QED) is 0.855. The van der Waals surface area contributed by atoms with Gasteiger partial charge in [0, 0.05) is 18.5 Å². The first kappa shape index (κ1) is 12.1. The molecule has 0 radical (unpaired) electrons. The highest BCUT2D eigenvalue weighted by Gasteiger charge is 2.15. The first-order valence-corrected chi connectivity index (χ1v) is 7.36. The van der Waals surface area contributed by atoms with Gasteiger partial charge in [0.15, 0.2) is 0 Å². The van der Waals surface area contributed by atoms with E-state index < -0.39 is 0 Å². The summed E-state index contributed by atoms with van der Waals surface area (Å²) < 4.78 is 5.34. The summed E-state index contributed by atoms with van der Waals surface area (Å²) in [4.78, 5) is 0. The summed E-state index contributed by atoms with van der Waals surface area (Å²) in [5.41, 5.74) is 0. The molecule has 2 rings (SSSR count). The molecule has 1 unspecified atom stereocenters. The van der Waals surface area contributed by atoms with Gasteiger partial charge in [0.05, 0.1) is 6.26 Å². The Morgan fingerprint density at radius 2 is 2.31 bits per heavy atom. The van der Waals surface area contributed by atoms with E-state index in [9.17, 15) is 0 Å². The van der Waals surface area contributed by atoms with E-state index in [1.165, 1.54) is 24.3 Å². The molecule has 90 valence electrons. The topological polar surface area (TPSA) is 25.2 Å². The Morgan fingerprint density at radius 3 is 3.00 bits per heavy atom. The molecule has 0 bridgehead atoms. The van der Waals surface area contributed by atoms with Gasteiger partial charge >= 0.3 is 0 Å². The first-order chi connectivity index (χ1) is 7.84. The molecule has 1 saturated heterocycles. The van der Waals surface area contributed by atoms with Crippen molar-refractivity contribution in [2.45, 2.75) is 44.7 Å². The second-order valence-electron chi connectivity index (χ2n) is 4.57. The minimum absolute atomic E-state index is 0.596. The molecule has 0 spiro atoms. The van der Waals surface area contributed by atoms with Crippen LogP contribution in [0.3, 0.4) is 0 Å². The molecule has 1 aromatic rings. The maximum Gasteiger partial charge on any atom is 0.103 e. The Labute approximate surface area is 102 Å². The van der Waals surface area contributed by atoms with Crippen LogP contribution < -0.4 is 5.32 Å². The van der Waals surface area contributed by atoms with Crippen LogP contribution in [0.25, 0.3) is 0 Å². The molecule has 1 aliphatic heterocycles. The lowest BCUT2D eigenvalue weighted by Gasteiger charge is -2.26. The number of thioether (sulfide) groups is 1. The molecule has 16 heavy (non-hydrogen) atoms. The van der Waals surface area contributed by atoms with Gasteiger partial charge in [-0.15, -0.1) is 0 Å². The fourth-order valence-corrected chi connectivity index (χ4v) is 3.27. The van der Waals surface area contributed by atoms with Crippen molar-refractivity contribution in [1.29, 1.82) is 0 Å². The molecule has 1 N–H and O–H groups in total. The summed E-state index contributed by atoms with van der Waals surface area (Å²) in [5, 5.41) is 3.73. The zero-order valence-electron chi connectivity index (χ0n) is 9.95. The molecule has 0 aromatic carbocycles. The number of hydrogen-bond donors (Lipinski definition) is 1. The third kappa shape index (κ3) is 3.87. The Bertz CT molecular complexity index is 280. The highest BCUT2D eigenvalue weighted by molar-refractivity contribution is 7.99. The van der Waals surface area contributed by atoms with Gasteiger partial charge in [-0.25, -0.2) is 0 Å². The lowest BCUT2D eigenvalue weighted by molar-refractivity contribution is 0.396. The van der Waals surface area contributed by atoms with Crippen molar-refractivity contribution in [2.75, 3.05) is 11.5 Å². The number of hydrogen-bond acceptors (Lipinski definition) is 3. The number of aryl methyl sites for hydroxylation is 1. The molecule has 1 aromatic heterocycles. The molecule has 0 aliphatic carbocycles. The highest BCUT2D eigenvalue weighted by Crippen LogP contribution is 2.18. The summed E-state index contributed by atoms with van der Waals surface area (Å²) in [5.74, 6) is 3.75. The highest BCUT2D eigenvalue weighted by atomic mass is 32.2. The molecule has 0 amide bonds.